The van der Waals surface area contributed by atoms with E-state index in [0.717, 1.165) is 12.1 Å². The van der Waals surface area contributed by atoms with Crippen molar-refractivity contribution in [2.75, 3.05) is 11.6 Å². The van der Waals surface area contributed by atoms with Gasteiger partial charge in [0.15, 0.2) is 0 Å². The molecule has 2 heterocycles. The summed E-state index contributed by atoms with van der Waals surface area (Å²) in [6.45, 7) is 0.509. The molecule has 2 aliphatic heterocycles. The van der Waals surface area contributed by atoms with Gasteiger partial charge in [-0.25, -0.2) is 4.90 Å². The van der Waals surface area contributed by atoms with Crippen LogP contribution in [0.15, 0.2) is 72.8 Å². The second-order valence-electron chi connectivity index (χ2n) is 12.2. The van der Waals surface area contributed by atoms with Crippen molar-refractivity contribution in [1.82, 2.24) is 4.90 Å². The molecule has 2 N–H and O–H groups in total. The maximum atomic E-state index is 15.0. The molecule has 0 atom stereocenters. The van der Waals surface area contributed by atoms with Crippen LogP contribution in [0.4, 0.5) is 58.4 Å². The summed E-state index contributed by atoms with van der Waals surface area (Å²) in [6.07, 6.45) is -23.1. The van der Waals surface area contributed by atoms with E-state index >= 15 is 0 Å². The molecule has 4 aromatic rings. The van der Waals surface area contributed by atoms with Crippen molar-refractivity contribution < 1.29 is 71.9 Å². The van der Waals surface area contributed by atoms with Gasteiger partial charge < -0.3 is 5.73 Å². The molecule has 7 nitrogen and oxygen atoms in total. The van der Waals surface area contributed by atoms with E-state index in [1.165, 1.54) is 6.92 Å². The fourth-order valence-corrected chi connectivity index (χ4v) is 6.65. The molecule has 19 heteroatoms. The van der Waals surface area contributed by atoms with Gasteiger partial charge >= 0.3 is 24.7 Å². The number of halogens is 12. The lowest BCUT2D eigenvalue weighted by Gasteiger charge is -2.38. The largest absolute Gasteiger partial charge is 0.417 e. The monoisotopic (exact) mass is 773 g/mol. The SMILES string of the molecule is Cc1ccc(-c2ccc(N3C(=O)c4ccc(C(c5ccc6c(c5)C(=O)N(CN)C6=O)(C(F)(F)F)C(F)(F)F)cc4C3=O)cc2C(F)(F)F)c(C(F)(F)F)c1. The highest BCUT2D eigenvalue weighted by molar-refractivity contribution is 6.34. The Morgan fingerprint density at radius 2 is 0.907 bits per heavy atom. The summed E-state index contributed by atoms with van der Waals surface area (Å²) in [7, 11) is 0. The number of carbonyl (C=O) groups excluding carboxylic acids is 4. The second-order valence-corrected chi connectivity index (χ2v) is 12.2. The average molecular weight is 774 g/mol. The lowest BCUT2D eigenvalue weighted by atomic mass is 9.71. The fraction of sp³-hybridized carbons (Fsp3) is 0.200. The molecular formula is C35H19F12N3O4. The third kappa shape index (κ3) is 5.59. The molecule has 0 unspecified atom stereocenters. The quantitative estimate of drug-likeness (QED) is 0.162. The first-order valence-corrected chi connectivity index (χ1v) is 15.1. The number of amides is 4. The number of benzene rings is 4. The summed E-state index contributed by atoms with van der Waals surface area (Å²) in [5.74, 6) is -5.50. The van der Waals surface area contributed by atoms with E-state index in [-0.39, 0.29) is 34.7 Å². The number of imide groups is 2. The van der Waals surface area contributed by atoms with Crippen molar-refractivity contribution in [1.29, 1.82) is 0 Å². The third-order valence-corrected chi connectivity index (χ3v) is 9.09. The number of aryl methyl sites for hydroxylation is 1. The van der Waals surface area contributed by atoms with Crippen LogP contribution in [-0.2, 0) is 17.8 Å². The molecule has 0 aromatic heterocycles. The van der Waals surface area contributed by atoms with E-state index in [1.807, 2.05) is 0 Å². The van der Waals surface area contributed by atoms with Gasteiger partial charge in [0.05, 0.1) is 45.7 Å². The number of carbonyl (C=O) groups is 4. The van der Waals surface area contributed by atoms with Crippen molar-refractivity contribution in [2.45, 2.75) is 37.0 Å². The molecule has 282 valence electrons. The van der Waals surface area contributed by atoms with Crippen molar-refractivity contribution in [3.05, 3.63) is 123 Å². The topological polar surface area (TPSA) is 101 Å². The van der Waals surface area contributed by atoms with E-state index in [1.54, 1.807) is 0 Å². The lowest BCUT2D eigenvalue weighted by Crippen LogP contribution is -2.55. The van der Waals surface area contributed by atoms with Gasteiger partial charge in [0.2, 0.25) is 5.41 Å². The molecule has 6 rings (SSSR count). The first-order chi connectivity index (χ1) is 24.9. The Morgan fingerprint density at radius 1 is 0.500 bits per heavy atom. The molecule has 0 bridgehead atoms. The molecule has 0 radical (unpaired) electrons. The highest BCUT2D eigenvalue weighted by Crippen LogP contribution is 2.57. The van der Waals surface area contributed by atoms with Gasteiger partial charge in [0.1, 0.15) is 0 Å². The van der Waals surface area contributed by atoms with Gasteiger partial charge in [0, 0.05) is 0 Å². The van der Waals surface area contributed by atoms with Gasteiger partial charge in [-0.15, -0.1) is 0 Å². The first-order valence-electron chi connectivity index (χ1n) is 15.1. The minimum Gasteiger partial charge on any atom is -0.313 e. The maximum Gasteiger partial charge on any atom is 0.417 e. The van der Waals surface area contributed by atoms with Crippen molar-refractivity contribution in [3.63, 3.8) is 0 Å². The third-order valence-electron chi connectivity index (χ3n) is 9.09. The molecule has 0 aliphatic carbocycles. The van der Waals surface area contributed by atoms with Crippen LogP contribution in [0.1, 0.15) is 69.2 Å². The summed E-state index contributed by atoms with van der Waals surface area (Å²) in [5, 5.41) is 0. The van der Waals surface area contributed by atoms with Gasteiger partial charge in [0.25, 0.3) is 23.6 Å². The predicted octanol–water partition coefficient (Wildman–Crippen LogP) is 8.42. The van der Waals surface area contributed by atoms with Gasteiger partial charge in [-0.2, -0.15) is 52.7 Å². The predicted molar refractivity (Wildman–Crippen MR) is 163 cm³/mol. The zero-order chi connectivity index (χ0) is 40.1. The molecule has 2 aliphatic rings. The normalized spacial score (nSPS) is 15.4. The Kier molecular flexibility index (Phi) is 8.56. The standard InChI is InChI=1S/C35H19F12N3O4/c1-15-2-6-19(25(10-15)32(36,37)38)20-9-5-18(13-26(20)33(39,40)41)50-29(53)22-8-4-17(12-24(22)30(50)54)31(34(42,43)44,35(45,46)47)16-3-7-21-23(11-16)28(52)49(14-48)27(21)51/h2-13H,14,48H2,1H3. The highest BCUT2D eigenvalue weighted by atomic mass is 19.4. The Balaban J connectivity index is 1.50. The molecule has 4 aromatic carbocycles. The van der Waals surface area contributed by atoms with Crippen molar-refractivity contribution >= 4 is 29.3 Å². The van der Waals surface area contributed by atoms with Crippen LogP contribution < -0.4 is 10.6 Å². The summed E-state index contributed by atoms with van der Waals surface area (Å²) in [4.78, 5) is 52.5. The molecule has 0 fully saturated rings. The maximum absolute atomic E-state index is 15.0. The smallest absolute Gasteiger partial charge is 0.313 e. The number of rotatable bonds is 5. The number of hydrogen-bond donors (Lipinski definition) is 1. The second kappa shape index (κ2) is 12.2. The van der Waals surface area contributed by atoms with Crippen LogP contribution in [0.5, 0.6) is 0 Å². The van der Waals surface area contributed by atoms with Crippen LogP contribution in [0.25, 0.3) is 11.1 Å². The Labute approximate surface area is 294 Å². The average Bonchev–Trinajstić information content (AvgIpc) is 3.45. The highest BCUT2D eigenvalue weighted by Gasteiger charge is 2.73. The Hall–Kier alpha value is -5.72. The van der Waals surface area contributed by atoms with Crippen molar-refractivity contribution in [3.8, 4) is 11.1 Å². The van der Waals surface area contributed by atoms with Gasteiger partial charge in [-0.1, -0.05) is 35.9 Å². The van der Waals surface area contributed by atoms with Gasteiger partial charge in [-0.3, -0.25) is 24.1 Å². The van der Waals surface area contributed by atoms with Crippen molar-refractivity contribution in [2.24, 2.45) is 5.73 Å². The van der Waals surface area contributed by atoms with E-state index in [9.17, 15) is 71.9 Å². The Morgan fingerprint density at radius 3 is 1.39 bits per heavy atom. The zero-order valence-corrected chi connectivity index (χ0v) is 26.8. The minimum atomic E-state index is -6.29. The number of alkyl halides is 12. The minimum absolute atomic E-state index is 0.0250. The summed E-state index contributed by atoms with van der Waals surface area (Å²) >= 11 is 0. The first kappa shape index (κ1) is 38.0. The van der Waals surface area contributed by atoms with Crippen LogP contribution >= 0.6 is 0 Å². The van der Waals surface area contributed by atoms with E-state index in [0.29, 0.717) is 41.3 Å². The van der Waals surface area contributed by atoms with E-state index in [2.05, 4.69) is 0 Å². The van der Waals surface area contributed by atoms with E-state index < -0.39 is 122 Å². The molecule has 0 saturated carbocycles. The van der Waals surface area contributed by atoms with Crippen LogP contribution in [0.2, 0.25) is 0 Å². The number of anilines is 1. The zero-order valence-electron chi connectivity index (χ0n) is 26.8. The molecule has 4 amide bonds. The van der Waals surface area contributed by atoms with E-state index in [4.69, 9.17) is 5.73 Å². The fourth-order valence-electron chi connectivity index (χ4n) is 6.65. The lowest BCUT2D eigenvalue weighted by molar-refractivity contribution is -0.288. The number of nitrogens with zero attached hydrogens (tertiary/aromatic N) is 2. The molecular weight excluding hydrogens is 754 g/mol. The summed E-state index contributed by atoms with van der Waals surface area (Å²) in [5.41, 5.74) is -12.3. The van der Waals surface area contributed by atoms with Crippen LogP contribution in [0, 0.1) is 6.92 Å². The van der Waals surface area contributed by atoms with Crippen LogP contribution in [0.3, 0.4) is 0 Å². The summed E-state index contributed by atoms with van der Waals surface area (Å²) in [6, 6.07) is 5.65. The summed E-state index contributed by atoms with van der Waals surface area (Å²) < 4.78 is 175. The molecule has 0 saturated heterocycles. The van der Waals surface area contributed by atoms with Gasteiger partial charge in [-0.05, 0) is 71.6 Å². The molecule has 0 spiro atoms. The number of fused-ring (bicyclic) bond motifs is 2. The molecule has 54 heavy (non-hydrogen) atoms. The van der Waals surface area contributed by atoms with Crippen LogP contribution in [-0.4, -0.2) is 47.5 Å². The Bertz CT molecular complexity index is 2280. The number of hydrogen-bond acceptors (Lipinski definition) is 5. The number of nitrogens with two attached hydrogens (primary N) is 1.